The summed E-state index contributed by atoms with van der Waals surface area (Å²) in [5.41, 5.74) is 1.94. The van der Waals surface area contributed by atoms with Gasteiger partial charge in [0.1, 0.15) is 0 Å². The Labute approximate surface area is 104 Å². The summed E-state index contributed by atoms with van der Waals surface area (Å²) in [5.74, 6) is 0.522. The molecule has 0 atom stereocenters. The van der Waals surface area contributed by atoms with Crippen LogP contribution in [0.4, 0.5) is 0 Å². The van der Waals surface area contributed by atoms with Crippen molar-refractivity contribution in [3.05, 3.63) is 28.4 Å². The van der Waals surface area contributed by atoms with E-state index in [9.17, 15) is 4.79 Å². The van der Waals surface area contributed by atoms with Gasteiger partial charge in [-0.15, -0.1) is 0 Å². The number of methoxy groups -OCH3 is 1. The molecule has 0 aliphatic carbocycles. The average Bonchev–Trinajstić information content (AvgIpc) is 2.65. The summed E-state index contributed by atoms with van der Waals surface area (Å²) < 4.78 is 6.79. The van der Waals surface area contributed by atoms with E-state index in [0.717, 1.165) is 5.69 Å². The number of aromatic nitrogens is 2. The summed E-state index contributed by atoms with van der Waals surface area (Å²) in [6.07, 6.45) is 0.709. The molecule has 0 N–H and O–H groups in total. The quantitative estimate of drug-likeness (QED) is 0.789. The molecule has 0 fully saturated rings. The Morgan fingerprint density at radius 3 is 2.76 bits per heavy atom. The second kappa shape index (κ2) is 4.37. The fourth-order valence-electron chi connectivity index (χ4n) is 1.80. The molecule has 0 saturated heterocycles. The molecule has 2 aromatic rings. The van der Waals surface area contributed by atoms with Crippen LogP contribution in [0.15, 0.2) is 12.1 Å². The predicted molar refractivity (Wildman–Crippen MR) is 66.1 cm³/mol. The number of Topliss-reactive ketones (excluding diaryl/α,β-unsaturated/α-hetero) is 1. The third kappa shape index (κ3) is 1.78. The smallest absolute Gasteiger partial charge is 0.214 e. The lowest BCUT2D eigenvalue weighted by atomic mass is 10.1. The van der Waals surface area contributed by atoms with E-state index >= 15 is 0 Å². The van der Waals surface area contributed by atoms with Crippen LogP contribution in [0.3, 0.4) is 0 Å². The first-order valence-corrected chi connectivity index (χ1v) is 5.73. The van der Waals surface area contributed by atoms with Crippen LogP contribution in [0.2, 0.25) is 5.02 Å². The molecule has 17 heavy (non-hydrogen) atoms. The summed E-state index contributed by atoms with van der Waals surface area (Å²) in [5, 5.41) is 4.88. The van der Waals surface area contributed by atoms with Gasteiger partial charge < -0.3 is 4.74 Å². The standard InChI is InChI=1S/C12H13ClN2O2/c1-4-9-11(13)12-8(7(2)16)5-6-10(17-3)15(12)14-9/h5-6H,4H2,1-3H3. The summed E-state index contributed by atoms with van der Waals surface area (Å²) in [6, 6.07) is 3.43. The minimum Gasteiger partial charge on any atom is -0.481 e. The highest BCUT2D eigenvalue weighted by Crippen LogP contribution is 2.29. The lowest BCUT2D eigenvalue weighted by molar-refractivity contribution is 0.101. The normalized spacial score (nSPS) is 10.8. The molecular formula is C12H13ClN2O2. The van der Waals surface area contributed by atoms with Crippen LogP contribution in [0.5, 0.6) is 5.88 Å². The van der Waals surface area contributed by atoms with E-state index in [1.54, 1.807) is 23.8 Å². The van der Waals surface area contributed by atoms with Crippen molar-refractivity contribution in [2.75, 3.05) is 7.11 Å². The molecule has 0 radical (unpaired) electrons. The summed E-state index contributed by atoms with van der Waals surface area (Å²) in [6.45, 7) is 3.48. The maximum absolute atomic E-state index is 11.6. The van der Waals surface area contributed by atoms with Crippen molar-refractivity contribution in [2.45, 2.75) is 20.3 Å². The lowest BCUT2D eigenvalue weighted by Gasteiger charge is -2.05. The number of hydrogen-bond donors (Lipinski definition) is 0. The molecule has 0 aromatic carbocycles. The van der Waals surface area contributed by atoms with E-state index < -0.39 is 0 Å². The first-order valence-electron chi connectivity index (χ1n) is 5.35. The van der Waals surface area contributed by atoms with Gasteiger partial charge in [-0.3, -0.25) is 4.79 Å². The van der Waals surface area contributed by atoms with Gasteiger partial charge in [-0.1, -0.05) is 18.5 Å². The Hall–Kier alpha value is -1.55. The van der Waals surface area contributed by atoms with E-state index in [-0.39, 0.29) is 5.78 Å². The van der Waals surface area contributed by atoms with Gasteiger partial charge in [0.05, 0.1) is 23.3 Å². The maximum Gasteiger partial charge on any atom is 0.214 e. The second-order valence-corrected chi connectivity index (χ2v) is 4.10. The van der Waals surface area contributed by atoms with Crippen molar-refractivity contribution in [3.8, 4) is 5.88 Å². The zero-order chi connectivity index (χ0) is 12.6. The number of halogens is 1. The number of carbonyl (C=O) groups excluding carboxylic acids is 1. The Kier molecular flexibility index (Phi) is 3.07. The van der Waals surface area contributed by atoms with E-state index in [2.05, 4.69) is 5.10 Å². The monoisotopic (exact) mass is 252 g/mol. The Morgan fingerprint density at radius 1 is 1.53 bits per heavy atom. The minimum absolute atomic E-state index is 0.0397. The van der Waals surface area contributed by atoms with Crippen molar-refractivity contribution in [1.29, 1.82) is 0 Å². The van der Waals surface area contributed by atoms with E-state index in [1.165, 1.54) is 6.92 Å². The molecule has 5 heteroatoms. The highest BCUT2D eigenvalue weighted by atomic mass is 35.5. The first-order chi connectivity index (χ1) is 8.10. The fraction of sp³-hybridized carbons (Fsp3) is 0.333. The van der Waals surface area contributed by atoms with Crippen LogP contribution in [0.1, 0.15) is 29.9 Å². The Balaban J connectivity index is 2.88. The van der Waals surface area contributed by atoms with Gasteiger partial charge in [-0.05, 0) is 19.4 Å². The molecule has 2 rings (SSSR count). The van der Waals surface area contributed by atoms with Crippen molar-refractivity contribution >= 4 is 22.9 Å². The number of ketones is 1. The van der Waals surface area contributed by atoms with Crippen LogP contribution in [-0.2, 0) is 6.42 Å². The summed E-state index contributed by atoms with van der Waals surface area (Å²) >= 11 is 6.24. The largest absolute Gasteiger partial charge is 0.481 e. The second-order valence-electron chi connectivity index (χ2n) is 3.72. The van der Waals surface area contributed by atoms with E-state index in [1.807, 2.05) is 6.92 Å². The van der Waals surface area contributed by atoms with Crippen molar-refractivity contribution in [2.24, 2.45) is 0 Å². The molecule has 0 amide bonds. The average molecular weight is 253 g/mol. The third-order valence-corrected chi connectivity index (χ3v) is 3.07. The SMILES string of the molecule is CCc1nn2c(OC)ccc(C(C)=O)c2c1Cl. The molecular weight excluding hydrogens is 240 g/mol. The molecule has 2 aromatic heterocycles. The molecule has 0 spiro atoms. The molecule has 2 heterocycles. The van der Waals surface area contributed by atoms with Gasteiger partial charge in [0.25, 0.3) is 0 Å². The van der Waals surface area contributed by atoms with E-state index in [4.69, 9.17) is 16.3 Å². The highest BCUT2D eigenvalue weighted by Gasteiger charge is 2.17. The van der Waals surface area contributed by atoms with Crippen LogP contribution in [0.25, 0.3) is 5.52 Å². The lowest BCUT2D eigenvalue weighted by Crippen LogP contribution is -2.01. The number of ether oxygens (including phenoxy) is 1. The summed E-state index contributed by atoms with van der Waals surface area (Å²) in [7, 11) is 1.56. The van der Waals surface area contributed by atoms with Crippen LogP contribution in [-0.4, -0.2) is 22.5 Å². The Morgan fingerprint density at radius 2 is 2.24 bits per heavy atom. The zero-order valence-corrected chi connectivity index (χ0v) is 10.7. The topological polar surface area (TPSA) is 43.6 Å². The van der Waals surface area contributed by atoms with Gasteiger partial charge in [0, 0.05) is 11.6 Å². The Bertz CT molecular complexity index is 590. The van der Waals surface area contributed by atoms with Crippen molar-refractivity contribution in [1.82, 2.24) is 9.61 Å². The van der Waals surface area contributed by atoms with Crippen molar-refractivity contribution < 1.29 is 9.53 Å². The summed E-state index contributed by atoms with van der Waals surface area (Å²) in [4.78, 5) is 11.6. The van der Waals surface area contributed by atoms with Gasteiger partial charge in [-0.25, -0.2) is 0 Å². The number of carbonyl (C=O) groups is 1. The van der Waals surface area contributed by atoms with Gasteiger partial charge in [0.15, 0.2) is 5.78 Å². The zero-order valence-electron chi connectivity index (χ0n) is 9.95. The molecule has 0 aliphatic rings. The fourth-order valence-corrected chi connectivity index (χ4v) is 2.16. The third-order valence-electron chi connectivity index (χ3n) is 2.67. The number of pyridine rings is 1. The number of hydrogen-bond acceptors (Lipinski definition) is 3. The molecule has 0 bridgehead atoms. The first kappa shape index (κ1) is 11.9. The molecule has 0 aliphatic heterocycles. The molecule has 90 valence electrons. The molecule has 4 nitrogen and oxygen atoms in total. The number of fused-ring (bicyclic) bond motifs is 1. The van der Waals surface area contributed by atoms with Crippen molar-refractivity contribution in [3.63, 3.8) is 0 Å². The number of aryl methyl sites for hydroxylation is 1. The van der Waals surface area contributed by atoms with Crippen LogP contribution >= 0.6 is 11.6 Å². The minimum atomic E-state index is -0.0397. The molecule has 0 saturated carbocycles. The highest BCUT2D eigenvalue weighted by molar-refractivity contribution is 6.35. The number of nitrogens with zero attached hydrogens (tertiary/aromatic N) is 2. The molecule has 0 unspecified atom stereocenters. The van der Waals surface area contributed by atoms with Crippen LogP contribution < -0.4 is 4.74 Å². The predicted octanol–water partition coefficient (Wildman–Crippen LogP) is 2.76. The van der Waals surface area contributed by atoms with Gasteiger partial charge in [-0.2, -0.15) is 9.61 Å². The van der Waals surface area contributed by atoms with Gasteiger partial charge in [0.2, 0.25) is 5.88 Å². The van der Waals surface area contributed by atoms with E-state index in [0.29, 0.717) is 28.4 Å². The van der Waals surface area contributed by atoms with Gasteiger partial charge >= 0.3 is 0 Å². The van der Waals surface area contributed by atoms with Crippen LogP contribution in [0, 0.1) is 0 Å². The maximum atomic E-state index is 11.6. The number of rotatable bonds is 3.